The lowest BCUT2D eigenvalue weighted by Crippen LogP contribution is -2.19. The maximum atomic E-state index is 11.8. The summed E-state index contributed by atoms with van der Waals surface area (Å²) in [6.45, 7) is 6.18. The molecular weight excluding hydrogens is 186 g/mol. The van der Waals surface area contributed by atoms with Gasteiger partial charge < -0.3 is 4.57 Å². The average Bonchev–Trinajstić information content (AvgIpc) is 2.24. The number of pyridine rings is 1. The first kappa shape index (κ1) is 9.71. The van der Waals surface area contributed by atoms with Crippen molar-refractivity contribution < 1.29 is 0 Å². The summed E-state index contributed by atoms with van der Waals surface area (Å²) in [6.07, 6.45) is 1.74. The van der Waals surface area contributed by atoms with Gasteiger partial charge in [0.25, 0.3) is 5.56 Å². The fourth-order valence-electron chi connectivity index (χ4n) is 1.82. The van der Waals surface area contributed by atoms with E-state index in [0.29, 0.717) is 6.54 Å². The van der Waals surface area contributed by atoms with Crippen molar-refractivity contribution in [2.75, 3.05) is 0 Å². The van der Waals surface area contributed by atoms with Crippen LogP contribution in [0.2, 0.25) is 0 Å². The largest absolute Gasteiger partial charge is 0.304 e. The highest BCUT2D eigenvalue weighted by molar-refractivity contribution is 5.82. The van der Waals surface area contributed by atoms with Crippen molar-refractivity contribution in [3.05, 3.63) is 58.9 Å². The van der Waals surface area contributed by atoms with Crippen molar-refractivity contribution in [1.82, 2.24) is 4.57 Å². The Balaban J connectivity index is 2.89. The molecule has 0 saturated heterocycles. The molecule has 2 aromatic rings. The smallest absolute Gasteiger partial charge is 0.251 e. The molecule has 2 nitrogen and oxygen atoms in total. The number of rotatable bonds is 2. The second kappa shape index (κ2) is 3.73. The number of benzene rings is 1. The van der Waals surface area contributed by atoms with Crippen molar-refractivity contribution >= 4 is 10.9 Å². The first-order valence-corrected chi connectivity index (χ1v) is 4.94. The topological polar surface area (TPSA) is 22.0 Å². The zero-order chi connectivity index (χ0) is 10.8. The second-order valence-electron chi connectivity index (χ2n) is 3.58. The normalized spacial score (nSPS) is 10.5. The van der Waals surface area contributed by atoms with Crippen LogP contribution in [-0.4, -0.2) is 4.57 Å². The molecule has 0 aliphatic carbocycles. The molecule has 0 fully saturated rings. The molecule has 15 heavy (non-hydrogen) atoms. The minimum atomic E-state index is 0.0334. The Bertz CT molecular complexity index is 566. The first-order valence-electron chi connectivity index (χ1n) is 4.94. The summed E-state index contributed by atoms with van der Waals surface area (Å²) in [6, 6.07) is 9.60. The fourth-order valence-corrected chi connectivity index (χ4v) is 1.82. The van der Waals surface area contributed by atoms with Crippen LogP contribution in [-0.2, 0) is 6.54 Å². The SMILES string of the molecule is C=CCn1c(=O)cc(C)c2ccccc21. The summed E-state index contributed by atoms with van der Waals surface area (Å²) in [4.78, 5) is 11.8. The van der Waals surface area contributed by atoms with Gasteiger partial charge in [-0.1, -0.05) is 24.3 Å². The molecule has 0 amide bonds. The zero-order valence-corrected chi connectivity index (χ0v) is 8.73. The van der Waals surface area contributed by atoms with Gasteiger partial charge >= 0.3 is 0 Å². The Kier molecular flexibility index (Phi) is 2.42. The van der Waals surface area contributed by atoms with Gasteiger partial charge in [0.15, 0.2) is 0 Å². The number of aromatic nitrogens is 1. The van der Waals surface area contributed by atoms with Crippen LogP contribution in [0.25, 0.3) is 10.9 Å². The van der Waals surface area contributed by atoms with E-state index in [0.717, 1.165) is 16.5 Å². The molecule has 76 valence electrons. The number of hydrogen-bond donors (Lipinski definition) is 0. The highest BCUT2D eigenvalue weighted by atomic mass is 16.1. The van der Waals surface area contributed by atoms with E-state index in [1.165, 1.54) is 0 Å². The minimum absolute atomic E-state index is 0.0334. The molecule has 1 aromatic heterocycles. The number of fused-ring (bicyclic) bond motifs is 1. The van der Waals surface area contributed by atoms with Gasteiger partial charge in [0.1, 0.15) is 0 Å². The highest BCUT2D eigenvalue weighted by Gasteiger charge is 2.03. The number of nitrogens with zero attached hydrogens (tertiary/aromatic N) is 1. The van der Waals surface area contributed by atoms with E-state index in [4.69, 9.17) is 0 Å². The van der Waals surface area contributed by atoms with Crippen LogP contribution in [0.4, 0.5) is 0 Å². The molecule has 0 aliphatic heterocycles. The maximum absolute atomic E-state index is 11.8. The Hall–Kier alpha value is -1.83. The molecule has 2 heteroatoms. The quantitative estimate of drug-likeness (QED) is 0.681. The Morgan fingerprint density at radius 1 is 1.40 bits per heavy atom. The van der Waals surface area contributed by atoms with Gasteiger partial charge in [0.2, 0.25) is 0 Å². The molecule has 0 atom stereocenters. The third-order valence-corrected chi connectivity index (χ3v) is 2.54. The molecular formula is C13H13NO. The van der Waals surface area contributed by atoms with Crippen LogP contribution < -0.4 is 5.56 Å². The van der Waals surface area contributed by atoms with Crippen LogP contribution in [0.3, 0.4) is 0 Å². The predicted molar refractivity (Wildman–Crippen MR) is 63.1 cm³/mol. The van der Waals surface area contributed by atoms with E-state index in [2.05, 4.69) is 6.58 Å². The molecule has 1 aromatic carbocycles. The monoisotopic (exact) mass is 199 g/mol. The van der Waals surface area contributed by atoms with Gasteiger partial charge in [-0.15, -0.1) is 6.58 Å². The van der Waals surface area contributed by atoms with Gasteiger partial charge in [-0.3, -0.25) is 4.79 Å². The number of allylic oxidation sites excluding steroid dienone is 1. The lowest BCUT2D eigenvalue weighted by atomic mass is 10.1. The molecule has 1 heterocycles. The summed E-state index contributed by atoms with van der Waals surface area (Å²) >= 11 is 0. The average molecular weight is 199 g/mol. The second-order valence-corrected chi connectivity index (χ2v) is 3.58. The summed E-state index contributed by atoms with van der Waals surface area (Å²) in [5.41, 5.74) is 2.03. The van der Waals surface area contributed by atoms with Gasteiger partial charge in [0.05, 0.1) is 5.52 Å². The molecule has 0 spiro atoms. The summed E-state index contributed by atoms with van der Waals surface area (Å²) in [5.74, 6) is 0. The first-order chi connectivity index (χ1) is 7.24. The molecule has 0 N–H and O–H groups in total. The van der Waals surface area contributed by atoms with E-state index in [1.54, 1.807) is 16.7 Å². The van der Waals surface area contributed by atoms with Crippen LogP contribution in [0, 0.1) is 6.92 Å². The van der Waals surface area contributed by atoms with E-state index in [1.807, 2.05) is 31.2 Å². The Morgan fingerprint density at radius 2 is 2.13 bits per heavy atom. The standard InChI is InChI=1S/C13H13NO/c1-3-8-14-12-7-5-4-6-11(12)10(2)9-13(14)15/h3-7,9H,1,8H2,2H3. The number of hydrogen-bond acceptors (Lipinski definition) is 1. The molecule has 0 aliphatic rings. The third kappa shape index (κ3) is 1.59. The number of para-hydroxylation sites is 1. The molecule has 0 saturated carbocycles. The zero-order valence-electron chi connectivity index (χ0n) is 8.73. The van der Waals surface area contributed by atoms with E-state index in [9.17, 15) is 4.79 Å². The van der Waals surface area contributed by atoms with Crippen molar-refractivity contribution in [2.45, 2.75) is 13.5 Å². The molecule has 0 unspecified atom stereocenters. The van der Waals surface area contributed by atoms with Gasteiger partial charge in [-0.2, -0.15) is 0 Å². The number of aryl methyl sites for hydroxylation is 1. The third-order valence-electron chi connectivity index (χ3n) is 2.54. The van der Waals surface area contributed by atoms with Crippen LogP contribution in [0.1, 0.15) is 5.56 Å². The summed E-state index contributed by atoms with van der Waals surface area (Å²) in [5, 5.41) is 1.12. The van der Waals surface area contributed by atoms with Crippen LogP contribution >= 0.6 is 0 Å². The lowest BCUT2D eigenvalue weighted by molar-refractivity contribution is 0.816. The van der Waals surface area contributed by atoms with Crippen molar-refractivity contribution in [2.24, 2.45) is 0 Å². The van der Waals surface area contributed by atoms with Crippen LogP contribution in [0.15, 0.2) is 47.8 Å². The van der Waals surface area contributed by atoms with E-state index >= 15 is 0 Å². The van der Waals surface area contributed by atoms with Gasteiger partial charge in [-0.05, 0) is 18.6 Å². The van der Waals surface area contributed by atoms with E-state index in [-0.39, 0.29) is 5.56 Å². The summed E-state index contributed by atoms with van der Waals surface area (Å²) in [7, 11) is 0. The molecule has 2 rings (SSSR count). The highest BCUT2D eigenvalue weighted by Crippen LogP contribution is 2.15. The van der Waals surface area contributed by atoms with E-state index < -0.39 is 0 Å². The minimum Gasteiger partial charge on any atom is -0.304 e. The van der Waals surface area contributed by atoms with Crippen molar-refractivity contribution in [3.8, 4) is 0 Å². The Morgan fingerprint density at radius 3 is 2.87 bits per heavy atom. The van der Waals surface area contributed by atoms with Gasteiger partial charge in [0, 0.05) is 18.0 Å². The van der Waals surface area contributed by atoms with Crippen molar-refractivity contribution in [1.29, 1.82) is 0 Å². The lowest BCUT2D eigenvalue weighted by Gasteiger charge is -2.09. The fraction of sp³-hybridized carbons (Fsp3) is 0.154. The predicted octanol–water partition coefficient (Wildman–Crippen LogP) is 2.50. The van der Waals surface area contributed by atoms with Gasteiger partial charge in [-0.25, -0.2) is 0 Å². The molecule has 0 radical (unpaired) electrons. The van der Waals surface area contributed by atoms with Crippen LogP contribution in [0.5, 0.6) is 0 Å². The van der Waals surface area contributed by atoms with Crippen molar-refractivity contribution in [3.63, 3.8) is 0 Å². The summed E-state index contributed by atoms with van der Waals surface area (Å²) < 4.78 is 1.73. The molecule has 0 bridgehead atoms. The Labute approximate surface area is 88.5 Å². The maximum Gasteiger partial charge on any atom is 0.251 e.